The van der Waals surface area contributed by atoms with Crippen molar-refractivity contribution in [3.63, 3.8) is 0 Å². The fraction of sp³-hybridized carbons (Fsp3) is 0.235. The summed E-state index contributed by atoms with van der Waals surface area (Å²) in [5, 5.41) is 0. The van der Waals surface area contributed by atoms with Crippen LogP contribution in [0.5, 0.6) is 0 Å². The number of carbonyl (C=O) groups is 3. The second kappa shape index (κ2) is 5.48. The molecule has 118 valence electrons. The molecule has 1 aliphatic heterocycles. The third kappa shape index (κ3) is 2.03. The van der Waals surface area contributed by atoms with E-state index in [1.807, 2.05) is 0 Å². The van der Waals surface area contributed by atoms with E-state index in [9.17, 15) is 14.4 Å². The standard InChI is InChI=1S/C17H15NO5/c1-22-15(20)11-7-3-4-9-13(11)18-14(19)12-8-5-6-10-17(12,23-2)16(18)21/h3-10,12H,1-2H3. The number of nitrogens with zero attached hydrogens (tertiary/aromatic N) is 1. The molecule has 1 saturated heterocycles. The lowest BCUT2D eigenvalue weighted by Crippen LogP contribution is -2.44. The van der Waals surface area contributed by atoms with E-state index in [0.29, 0.717) is 0 Å². The summed E-state index contributed by atoms with van der Waals surface area (Å²) in [7, 11) is 2.63. The predicted octanol–water partition coefficient (Wildman–Crippen LogP) is 1.47. The Kier molecular flexibility index (Phi) is 3.61. The normalized spacial score (nSPS) is 25.7. The Morgan fingerprint density at radius 3 is 2.57 bits per heavy atom. The molecule has 2 atom stereocenters. The highest BCUT2D eigenvalue weighted by atomic mass is 16.5. The number of amides is 2. The molecule has 0 aromatic heterocycles. The minimum atomic E-state index is -1.37. The van der Waals surface area contributed by atoms with Gasteiger partial charge in [0.1, 0.15) is 0 Å². The van der Waals surface area contributed by atoms with Crippen LogP contribution in [0.1, 0.15) is 10.4 Å². The van der Waals surface area contributed by atoms with Crippen LogP contribution in [0.3, 0.4) is 0 Å². The molecule has 1 fully saturated rings. The minimum Gasteiger partial charge on any atom is -0.465 e. The number of esters is 1. The molecule has 6 nitrogen and oxygen atoms in total. The first kappa shape index (κ1) is 15.2. The van der Waals surface area contributed by atoms with E-state index in [1.54, 1.807) is 36.4 Å². The van der Waals surface area contributed by atoms with E-state index in [0.717, 1.165) is 4.90 Å². The van der Waals surface area contributed by atoms with Gasteiger partial charge in [-0.15, -0.1) is 0 Å². The zero-order chi connectivity index (χ0) is 16.6. The first-order chi connectivity index (χ1) is 11.1. The quantitative estimate of drug-likeness (QED) is 0.624. The molecule has 0 spiro atoms. The molecule has 1 aromatic carbocycles. The van der Waals surface area contributed by atoms with Crippen molar-refractivity contribution in [2.24, 2.45) is 5.92 Å². The molecule has 2 unspecified atom stereocenters. The van der Waals surface area contributed by atoms with Crippen LogP contribution in [0, 0.1) is 5.92 Å². The minimum absolute atomic E-state index is 0.148. The zero-order valence-electron chi connectivity index (χ0n) is 12.7. The maximum Gasteiger partial charge on any atom is 0.339 e. The third-order valence-corrected chi connectivity index (χ3v) is 4.13. The molecule has 1 heterocycles. The molecule has 23 heavy (non-hydrogen) atoms. The average molecular weight is 313 g/mol. The first-order valence-electron chi connectivity index (χ1n) is 7.03. The third-order valence-electron chi connectivity index (χ3n) is 4.13. The summed E-state index contributed by atoms with van der Waals surface area (Å²) >= 11 is 0. The highest BCUT2D eigenvalue weighted by Crippen LogP contribution is 2.41. The lowest BCUT2D eigenvalue weighted by atomic mass is 9.86. The van der Waals surface area contributed by atoms with Crippen LogP contribution in [-0.2, 0) is 19.1 Å². The van der Waals surface area contributed by atoms with Crippen molar-refractivity contribution >= 4 is 23.5 Å². The van der Waals surface area contributed by atoms with E-state index in [2.05, 4.69) is 0 Å². The van der Waals surface area contributed by atoms with E-state index >= 15 is 0 Å². The number of fused-ring (bicyclic) bond motifs is 1. The van der Waals surface area contributed by atoms with Gasteiger partial charge in [-0.25, -0.2) is 9.69 Å². The number of allylic oxidation sites excluding steroid dienone is 2. The molecule has 1 aromatic rings. The van der Waals surface area contributed by atoms with Crippen molar-refractivity contribution in [2.45, 2.75) is 5.60 Å². The Hall–Kier alpha value is -2.73. The molecule has 0 saturated carbocycles. The number of para-hydroxylation sites is 1. The van der Waals surface area contributed by atoms with Crippen LogP contribution in [-0.4, -0.2) is 37.6 Å². The Balaban J connectivity index is 2.14. The maximum absolute atomic E-state index is 12.9. The molecule has 6 heteroatoms. The molecule has 2 amide bonds. The highest BCUT2D eigenvalue weighted by molar-refractivity contribution is 6.28. The Labute approximate surface area is 133 Å². The monoisotopic (exact) mass is 313 g/mol. The van der Waals surface area contributed by atoms with Gasteiger partial charge in [0.15, 0.2) is 5.60 Å². The van der Waals surface area contributed by atoms with Crippen molar-refractivity contribution in [3.8, 4) is 0 Å². The van der Waals surface area contributed by atoms with Gasteiger partial charge in [0, 0.05) is 7.11 Å². The van der Waals surface area contributed by atoms with Gasteiger partial charge in [-0.3, -0.25) is 9.59 Å². The summed E-state index contributed by atoms with van der Waals surface area (Å²) in [6.45, 7) is 0. The molecule has 2 aliphatic rings. The van der Waals surface area contributed by atoms with E-state index < -0.39 is 29.3 Å². The van der Waals surface area contributed by atoms with Gasteiger partial charge in [0.05, 0.1) is 24.3 Å². The number of hydrogen-bond acceptors (Lipinski definition) is 5. The van der Waals surface area contributed by atoms with Crippen molar-refractivity contribution in [1.82, 2.24) is 0 Å². The fourth-order valence-corrected chi connectivity index (χ4v) is 2.97. The average Bonchev–Trinajstić information content (AvgIpc) is 2.82. The van der Waals surface area contributed by atoms with Crippen LogP contribution in [0.2, 0.25) is 0 Å². The fourth-order valence-electron chi connectivity index (χ4n) is 2.97. The number of hydrogen-bond donors (Lipinski definition) is 0. The van der Waals surface area contributed by atoms with E-state index in [-0.39, 0.29) is 11.3 Å². The molecular weight excluding hydrogens is 298 g/mol. The van der Waals surface area contributed by atoms with Gasteiger partial charge < -0.3 is 9.47 Å². The smallest absolute Gasteiger partial charge is 0.339 e. The number of benzene rings is 1. The number of imide groups is 1. The van der Waals surface area contributed by atoms with Gasteiger partial charge in [0.2, 0.25) is 5.91 Å². The summed E-state index contributed by atoms with van der Waals surface area (Å²) in [6, 6.07) is 6.33. The van der Waals surface area contributed by atoms with Crippen LogP contribution in [0.4, 0.5) is 5.69 Å². The van der Waals surface area contributed by atoms with Crippen molar-refractivity contribution in [2.75, 3.05) is 19.1 Å². The van der Waals surface area contributed by atoms with Crippen LogP contribution >= 0.6 is 0 Å². The van der Waals surface area contributed by atoms with Gasteiger partial charge in [0.25, 0.3) is 5.91 Å². The number of carbonyl (C=O) groups excluding carboxylic acids is 3. The second-order valence-corrected chi connectivity index (χ2v) is 5.21. The molecular formula is C17H15NO5. The van der Waals surface area contributed by atoms with Gasteiger partial charge in [-0.05, 0) is 18.2 Å². The summed E-state index contributed by atoms with van der Waals surface area (Å²) in [4.78, 5) is 38.6. The zero-order valence-corrected chi connectivity index (χ0v) is 12.7. The van der Waals surface area contributed by atoms with Crippen molar-refractivity contribution < 1.29 is 23.9 Å². The Morgan fingerprint density at radius 2 is 1.91 bits per heavy atom. The van der Waals surface area contributed by atoms with E-state index in [4.69, 9.17) is 9.47 Å². The van der Waals surface area contributed by atoms with Gasteiger partial charge in [-0.2, -0.15) is 0 Å². The van der Waals surface area contributed by atoms with Crippen LogP contribution < -0.4 is 4.90 Å². The largest absolute Gasteiger partial charge is 0.465 e. The van der Waals surface area contributed by atoms with Gasteiger partial charge >= 0.3 is 5.97 Å². The molecule has 0 N–H and O–H groups in total. The summed E-state index contributed by atoms with van der Waals surface area (Å²) in [5.41, 5.74) is -1.02. The molecule has 0 radical (unpaired) electrons. The molecule has 3 rings (SSSR count). The van der Waals surface area contributed by atoms with E-state index in [1.165, 1.54) is 26.4 Å². The number of rotatable bonds is 3. The second-order valence-electron chi connectivity index (χ2n) is 5.21. The Morgan fingerprint density at radius 1 is 1.17 bits per heavy atom. The van der Waals surface area contributed by atoms with Crippen LogP contribution in [0.15, 0.2) is 48.6 Å². The highest BCUT2D eigenvalue weighted by Gasteiger charge is 2.59. The predicted molar refractivity (Wildman–Crippen MR) is 81.8 cm³/mol. The Bertz CT molecular complexity index is 751. The summed E-state index contributed by atoms with van der Waals surface area (Å²) < 4.78 is 10.1. The summed E-state index contributed by atoms with van der Waals surface area (Å²) in [5.74, 6) is -2.33. The number of methoxy groups -OCH3 is 2. The first-order valence-corrected chi connectivity index (χ1v) is 7.03. The number of anilines is 1. The topological polar surface area (TPSA) is 72.9 Å². The van der Waals surface area contributed by atoms with Crippen LogP contribution in [0.25, 0.3) is 0 Å². The molecule has 0 bridgehead atoms. The van der Waals surface area contributed by atoms with Gasteiger partial charge in [-0.1, -0.05) is 30.4 Å². The lowest BCUT2D eigenvalue weighted by Gasteiger charge is -2.26. The van der Waals surface area contributed by atoms with Crippen molar-refractivity contribution in [3.05, 3.63) is 54.1 Å². The van der Waals surface area contributed by atoms with Crippen molar-refractivity contribution in [1.29, 1.82) is 0 Å². The SMILES string of the molecule is COC(=O)c1ccccc1N1C(=O)C2C=CC=CC2(OC)C1=O. The molecule has 1 aliphatic carbocycles. The number of ether oxygens (including phenoxy) is 2. The lowest BCUT2D eigenvalue weighted by molar-refractivity contribution is -0.134. The summed E-state index contributed by atoms with van der Waals surface area (Å²) in [6.07, 6.45) is 6.56. The maximum atomic E-state index is 12.9.